The average molecular weight is 447 g/mol. The second-order valence-electron chi connectivity index (χ2n) is 8.74. The van der Waals surface area contributed by atoms with Gasteiger partial charge >= 0.3 is 0 Å². The predicted molar refractivity (Wildman–Crippen MR) is 126 cm³/mol. The van der Waals surface area contributed by atoms with Crippen molar-refractivity contribution in [2.24, 2.45) is 5.92 Å². The van der Waals surface area contributed by atoms with Crippen molar-refractivity contribution in [3.05, 3.63) is 83.7 Å². The van der Waals surface area contributed by atoms with Crippen LogP contribution in [0.25, 0.3) is 11.1 Å². The maximum atomic E-state index is 14.5. The van der Waals surface area contributed by atoms with Gasteiger partial charge in [-0.25, -0.2) is 4.39 Å². The summed E-state index contributed by atoms with van der Waals surface area (Å²) >= 11 is 0. The molecule has 0 radical (unpaired) electrons. The van der Waals surface area contributed by atoms with Crippen LogP contribution in [0, 0.1) is 11.7 Å². The van der Waals surface area contributed by atoms with Crippen LogP contribution in [0.2, 0.25) is 0 Å². The molecule has 1 N–H and O–H groups in total. The Balaban J connectivity index is 1.61. The third kappa shape index (κ3) is 3.55. The van der Waals surface area contributed by atoms with Crippen molar-refractivity contribution >= 4 is 11.6 Å². The Morgan fingerprint density at radius 3 is 2.64 bits per heavy atom. The number of hydrogen-bond donors (Lipinski definition) is 1. The molecular formula is C27H27FN2O3. The van der Waals surface area contributed by atoms with Crippen molar-refractivity contribution in [2.75, 3.05) is 32.2 Å². The third-order valence-corrected chi connectivity index (χ3v) is 7.12. The molecule has 1 fully saturated rings. The largest absolute Gasteiger partial charge is 0.497 e. The summed E-state index contributed by atoms with van der Waals surface area (Å²) in [5, 5.41) is 10.2. The normalized spacial score (nSPS) is 21.5. The summed E-state index contributed by atoms with van der Waals surface area (Å²) in [7, 11) is 3.63. The van der Waals surface area contributed by atoms with E-state index in [1.54, 1.807) is 24.1 Å². The standard InChI is InChI=1S/C27H27FN2O3/c1-29-24-11-10-18(17-6-5-7-19(14-17)33-2)15-22(24)26-21(25(29)16-31)12-13-30(26)27(32)20-8-3-4-9-23(20)28/h3-11,14-15,21,25-26,31H,12-13,16H2,1-2H3/t21-,25-,26-/m0/s1. The fourth-order valence-corrected chi connectivity index (χ4v) is 5.45. The van der Waals surface area contributed by atoms with E-state index in [0.29, 0.717) is 6.54 Å². The number of halogens is 1. The van der Waals surface area contributed by atoms with Gasteiger partial charge in [0.2, 0.25) is 0 Å². The number of aliphatic hydroxyl groups is 1. The number of aliphatic hydroxyl groups excluding tert-OH is 1. The Labute approximate surface area is 193 Å². The summed E-state index contributed by atoms with van der Waals surface area (Å²) in [5.74, 6) is 0.0177. The summed E-state index contributed by atoms with van der Waals surface area (Å²) in [6, 6.07) is 19.9. The van der Waals surface area contributed by atoms with Gasteiger partial charge in [-0.2, -0.15) is 0 Å². The van der Waals surface area contributed by atoms with Crippen molar-refractivity contribution in [2.45, 2.75) is 18.5 Å². The van der Waals surface area contributed by atoms with E-state index in [2.05, 4.69) is 17.0 Å². The lowest BCUT2D eigenvalue weighted by Crippen LogP contribution is -2.48. The van der Waals surface area contributed by atoms with E-state index in [9.17, 15) is 14.3 Å². The molecule has 0 unspecified atom stereocenters. The van der Waals surface area contributed by atoms with E-state index in [4.69, 9.17) is 4.74 Å². The number of ether oxygens (including phenoxy) is 1. The lowest BCUT2D eigenvalue weighted by molar-refractivity contribution is 0.0689. The molecule has 6 heteroatoms. The highest BCUT2D eigenvalue weighted by Gasteiger charge is 2.48. The van der Waals surface area contributed by atoms with Crippen LogP contribution >= 0.6 is 0 Å². The van der Waals surface area contributed by atoms with E-state index in [1.807, 2.05) is 37.4 Å². The minimum Gasteiger partial charge on any atom is -0.497 e. The second-order valence-corrected chi connectivity index (χ2v) is 8.74. The fourth-order valence-electron chi connectivity index (χ4n) is 5.45. The molecule has 3 aromatic rings. The molecule has 0 saturated carbocycles. The highest BCUT2D eigenvalue weighted by molar-refractivity contribution is 5.95. The number of likely N-dealkylation sites (tertiary alicyclic amines) is 1. The van der Waals surface area contributed by atoms with Crippen LogP contribution in [0.4, 0.5) is 10.1 Å². The van der Waals surface area contributed by atoms with Crippen LogP contribution in [0.1, 0.15) is 28.4 Å². The SMILES string of the molecule is COc1cccc(-c2ccc3c(c2)[C@@H]2[C@@H](CCN2C(=O)c2ccccc2F)[C@H](CO)N3C)c1. The van der Waals surface area contributed by atoms with Crippen molar-refractivity contribution in [3.63, 3.8) is 0 Å². The van der Waals surface area contributed by atoms with Gasteiger partial charge in [-0.3, -0.25) is 4.79 Å². The topological polar surface area (TPSA) is 53.0 Å². The number of nitrogens with zero attached hydrogens (tertiary/aromatic N) is 2. The number of benzene rings is 3. The third-order valence-electron chi connectivity index (χ3n) is 7.12. The minimum atomic E-state index is -0.511. The van der Waals surface area contributed by atoms with E-state index in [-0.39, 0.29) is 36.1 Å². The van der Waals surface area contributed by atoms with Gasteiger partial charge in [0.1, 0.15) is 11.6 Å². The molecule has 2 aliphatic rings. The van der Waals surface area contributed by atoms with Crippen LogP contribution in [0.15, 0.2) is 66.7 Å². The zero-order valence-electron chi connectivity index (χ0n) is 18.7. The maximum absolute atomic E-state index is 14.5. The molecule has 3 aromatic carbocycles. The molecule has 5 rings (SSSR count). The molecule has 0 aliphatic carbocycles. The summed E-state index contributed by atoms with van der Waals surface area (Å²) in [6.45, 7) is 0.520. The number of carbonyl (C=O) groups is 1. The van der Waals surface area contributed by atoms with Crippen LogP contribution in [0.3, 0.4) is 0 Å². The van der Waals surface area contributed by atoms with E-state index >= 15 is 0 Å². The molecule has 1 saturated heterocycles. The minimum absolute atomic E-state index is 0.00350. The molecule has 2 aliphatic heterocycles. The first-order valence-electron chi connectivity index (χ1n) is 11.2. The summed E-state index contributed by atoms with van der Waals surface area (Å²) in [5.41, 5.74) is 4.13. The Morgan fingerprint density at radius 2 is 1.88 bits per heavy atom. The highest BCUT2D eigenvalue weighted by atomic mass is 19.1. The highest BCUT2D eigenvalue weighted by Crippen LogP contribution is 2.49. The number of likely N-dealkylation sites (N-methyl/N-ethyl adjacent to an activating group) is 1. The van der Waals surface area contributed by atoms with Gasteiger partial charge in [0.15, 0.2) is 0 Å². The molecule has 0 spiro atoms. The summed E-state index contributed by atoms with van der Waals surface area (Å²) < 4.78 is 19.9. The van der Waals surface area contributed by atoms with Crippen LogP contribution in [0.5, 0.6) is 5.75 Å². The van der Waals surface area contributed by atoms with E-state index < -0.39 is 5.82 Å². The van der Waals surface area contributed by atoms with Gasteiger partial charge in [-0.15, -0.1) is 0 Å². The molecule has 3 atom stereocenters. The van der Waals surface area contributed by atoms with Crippen molar-refractivity contribution < 1.29 is 19.0 Å². The first-order valence-corrected chi connectivity index (χ1v) is 11.2. The number of fused-ring (bicyclic) bond motifs is 3. The van der Waals surface area contributed by atoms with Crippen molar-refractivity contribution in [3.8, 4) is 16.9 Å². The molecule has 33 heavy (non-hydrogen) atoms. The van der Waals surface area contributed by atoms with E-state index in [0.717, 1.165) is 34.5 Å². The average Bonchev–Trinajstić information content (AvgIpc) is 3.29. The van der Waals surface area contributed by atoms with Crippen LogP contribution < -0.4 is 9.64 Å². The Kier molecular flexibility index (Phi) is 5.54. The number of hydrogen-bond acceptors (Lipinski definition) is 4. The van der Waals surface area contributed by atoms with Crippen molar-refractivity contribution in [1.82, 2.24) is 4.90 Å². The lowest BCUT2D eigenvalue weighted by atomic mass is 9.81. The van der Waals surface area contributed by atoms with Gasteiger partial charge in [0.05, 0.1) is 31.4 Å². The molecule has 1 amide bonds. The monoisotopic (exact) mass is 446 g/mol. The van der Waals surface area contributed by atoms with Crippen LogP contribution in [-0.4, -0.2) is 49.3 Å². The molecule has 0 bridgehead atoms. The van der Waals surface area contributed by atoms with Gasteiger partial charge in [0.25, 0.3) is 5.91 Å². The first-order chi connectivity index (χ1) is 16.0. The molecule has 5 nitrogen and oxygen atoms in total. The molecule has 170 valence electrons. The first kappa shape index (κ1) is 21.5. The Bertz CT molecular complexity index is 1200. The number of methoxy groups -OCH3 is 1. The maximum Gasteiger partial charge on any atom is 0.257 e. The summed E-state index contributed by atoms with van der Waals surface area (Å²) in [4.78, 5) is 17.3. The van der Waals surface area contributed by atoms with Gasteiger partial charge < -0.3 is 19.6 Å². The van der Waals surface area contributed by atoms with Gasteiger partial charge in [-0.05, 0) is 59.5 Å². The van der Waals surface area contributed by atoms with Gasteiger partial charge in [0, 0.05) is 25.2 Å². The fraction of sp³-hybridized carbons (Fsp3) is 0.296. The van der Waals surface area contributed by atoms with Crippen molar-refractivity contribution in [1.29, 1.82) is 0 Å². The number of rotatable bonds is 4. The lowest BCUT2D eigenvalue weighted by Gasteiger charge is -2.44. The smallest absolute Gasteiger partial charge is 0.257 e. The number of amides is 1. The molecular weight excluding hydrogens is 419 g/mol. The van der Waals surface area contributed by atoms with Crippen LogP contribution in [-0.2, 0) is 0 Å². The number of anilines is 1. The zero-order valence-corrected chi connectivity index (χ0v) is 18.7. The quantitative estimate of drug-likeness (QED) is 0.641. The zero-order chi connectivity index (χ0) is 23.1. The molecule has 2 heterocycles. The number of carbonyl (C=O) groups excluding carboxylic acids is 1. The van der Waals surface area contributed by atoms with E-state index in [1.165, 1.54) is 12.1 Å². The molecule has 0 aromatic heterocycles. The van der Waals surface area contributed by atoms with Gasteiger partial charge in [-0.1, -0.05) is 30.3 Å². The summed E-state index contributed by atoms with van der Waals surface area (Å²) in [6.07, 6.45) is 0.753. The second kappa shape index (κ2) is 8.52. The Morgan fingerprint density at radius 1 is 1.09 bits per heavy atom. The predicted octanol–water partition coefficient (Wildman–Crippen LogP) is 4.52. The Hall–Kier alpha value is -3.38.